The van der Waals surface area contributed by atoms with Crippen molar-refractivity contribution in [3.8, 4) is 10.4 Å². The van der Waals surface area contributed by atoms with Crippen LogP contribution in [0.25, 0.3) is 10.4 Å². The highest BCUT2D eigenvalue weighted by Crippen LogP contribution is 2.43. The lowest BCUT2D eigenvalue weighted by Crippen LogP contribution is -2.40. The van der Waals surface area contributed by atoms with Crippen LogP contribution in [0.5, 0.6) is 0 Å². The highest BCUT2D eigenvalue weighted by Gasteiger charge is 2.45. The fraction of sp³-hybridized carbons (Fsp3) is 0.321. The Morgan fingerprint density at radius 2 is 1.78 bits per heavy atom. The van der Waals surface area contributed by atoms with Crippen LogP contribution in [0, 0.1) is 5.82 Å². The van der Waals surface area contributed by atoms with Crippen molar-refractivity contribution in [2.75, 3.05) is 11.9 Å². The number of halogens is 1. The van der Waals surface area contributed by atoms with E-state index in [0.29, 0.717) is 23.4 Å². The van der Waals surface area contributed by atoms with Crippen molar-refractivity contribution in [3.05, 3.63) is 77.6 Å². The van der Waals surface area contributed by atoms with Crippen LogP contribution in [0.15, 0.2) is 60.7 Å². The summed E-state index contributed by atoms with van der Waals surface area (Å²) in [6.45, 7) is 3.38. The number of rotatable bonds is 8. The molecule has 1 N–H and O–H groups in total. The minimum absolute atomic E-state index is 0.193. The Morgan fingerprint density at radius 1 is 1.06 bits per heavy atom. The summed E-state index contributed by atoms with van der Waals surface area (Å²) in [5, 5.41) is 3.06. The minimum atomic E-state index is -1.12. The van der Waals surface area contributed by atoms with E-state index in [1.807, 2.05) is 30.3 Å². The lowest BCUT2D eigenvalue weighted by molar-refractivity contribution is -0.159. The normalized spacial score (nSPS) is 15.2. The van der Waals surface area contributed by atoms with Gasteiger partial charge in [-0.1, -0.05) is 55.3 Å². The van der Waals surface area contributed by atoms with Crippen LogP contribution in [0.2, 0.25) is 0 Å². The first-order valence-electron chi connectivity index (χ1n) is 12.0. The Kier molecular flexibility index (Phi) is 7.84. The van der Waals surface area contributed by atoms with Gasteiger partial charge >= 0.3 is 11.9 Å². The number of carbonyl (C=O) groups excluding carboxylic acids is 3. The molecule has 1 aliphatic rings. The zero-order chi connectivity index (χ0) is 25.7. The second kappa shape index (κ2) is 11.0. The number of nitrogens with one attached hydrogen (secondary N) is 1. The van der Waals surface area contributed by atoms with Crippen LogP contribution in [0.4, 0.5) is 9.39 Å². The molecule has 1 atom stereocenters. The quantitative estimate of drug-likeness (QED) is 0.370. The number of ether oxygens (including phenoxy) is 2. The maximum Gasteiger partial charge on any atom is 0.341 e. The lowest BCUT2D eigenvalue weighted by Gasteiger charge is -2.28. The fourth-order valence-electron chi connectivity index (χ4n) is 4.50. The Hall–Kier alpha value is -3.52. The van der Waals surface area contributed by atoms with Gasteiger partial charge in [-0.2, -0.15) is 0 Å². The Morgan fingerprint density at radius 3 is 2.44 bits per heavy atom. The van der Waals surface area contributed by atoms with Gasteiger partial charge in [0.1, 0.15) is 10.8 Å². The largest absolute Gasteiger partial charge is 0.462 e. The number of carbonyl (C=O) groups is 3. The van der Waals surface area contributed by atoms with Crippen molar-refractivity contribution in [2.45, 2.75) is 51.0 Å². The number of esters is 2. The fourth-order valence-corrected chi connectivity index (χ4v) is 5.56. The van der Waals surface area contributed by atoms with Crippen LogP contribution in [-0.4, -0.2) is 30.6 Å². The van der Waals surface area contributed by atoms with Crippen LogP contribution >= 0.6 is 11.3 Å². The second-order valence-corrected chi connectivity index (χ2v) is 9.83. The number of hydrogen-bond donors (Lipinski definition) is 1. The summed E-state index contributed by atoms with van der Waals surface area (Å²) in [4.78, 5) is 39.7. The van der Waals surface area contributed by atoms with Crippen molar-refractivity contribution < 1.29 is 28.2 Å². The average molecular weight is 510 g/mol. The number of hydrogen-bond acceptors (Lipinski definition) is 6. The van der Waals surface area contributed by atoms with E-state index in [4.69, 9.17) is 9.47 Å². The van der Waals surface area contributed by atoms with Crippen LogP contribution in [0.3, 0.4) is 0 Å². The molecule has 1 aromatic heterocycles. The zero-order valence-corrected chi connectivity index (χ0v) is 21.0. The molecule has 0 spiro atoms. The molecule has 3 aromatic rings. The van der Waals surface area contributed by atoms with E-state index in [9.17, 15) is 18.8 Å². The first kappa shape index (κ1) is 25.6. The third-order valence-electron chi connectivity index (χ3n) is 6.40. The molecular formula is C28H28FNO5S. The Balaban J connectivity index is 1.53. The summed E-state index contributed by atoms with van der Waals surface area (Å²) in [6.07, 6.45) is 1.56. The number of anilines is 1. The van der Waals surface area contributed by atoms with Gasteiger partial charge in [0.25, 0.3) is 5.91 Å². The molecule has 0 saturated heterocycles. The van der Waals surface area contributed by atoms with E-state index in [1.165, 1.54) is 30.4 Å². The van der Waals surface area contributed by atoms with Crippen LogP contribution in [0.1, 0.15) is 55.5 Å². The van der Waals surface area contributed by atoms with Gasteiger partial charge in [-0.25, -0.2) is 9.18 Å². The molecule has 4 rings (SSSR count). The molecule has 1 heterocycles. The summed E-state index contributed by atoms with van der Waals surface area (Å²) in [6, 6.07) is 17.2. The van der Waals surface area contributed by atoms with Crippen molar-refractivity contribution in [3.63, 3.8) is 0 Å². The Bertz CT molecular complexity index is 1250. The molecule has 0 unspecified atom stereocenters. The van der Waals surface area contributed by atoms with Crippen molar-refractivity contribution in [1.29, 1.82) is 0 Å². The molecule has 36 heavy (non-hydrogen) atoms. The summed E-state index contributed by atoms with van der Waals surface area (Å²) < 4.78 is 24.7. The second-order valence-electron chi connectivity index (χ2n) is 8.78. The first-order chi connectivity index (χ1) is 17.3. The van der Waals surface area contributed by atoms with Gasteiger partial charge in [-0.3, -0.25) is 9.59 Å². The SMILES string of the molecule is CCOC(=O)c1cc(-c2ccccc2)sc1NC(=O)[C@H](C)OC(=O)C1(c2cccc(F)c2)CCCC1. The van der Waals surface area contributed by atoms with Gasteiger partial charge in [0.2, 0.25) is 0 Å². The number of benzene rings is 2. The highest BCUT2D eigenvalue weighted by atomic mass is 32.1. The monoisotopic (exact) mass is 509 g/mol. The maximum atomic E-state index is 13.9. The topological polar surface area (TPSA) is 81.7 Å². The third kappa shape index (κ3) is 5.33. The van der Waals surface area contributed by atoms with Crippen molar-refractivity contribution in [1.82, 2.24) is 0 Å². The molecule has 0 radical (unpaired) electrons. The summed E-state index contributed by atoms with van der Waals surface area (Å²) in [7, 11) is 0. The Labute approximate surface area is 213 Å². The average Bonchev–Trinajstić information content (AvgIpc) is 3.53. The standard InChI is InChI=1S/C28H28FNO5S/c1-3-34-26(32)22-17-23(19-10-5-4-6-11-19)36-25(22)30-24(31)18(2)35-27(33)28(14-7-8-15-28)20-12-9-13-21(29)16-20/h4-6,9-13,16-18H,3,7-8,14-15H2,1-2H3,(H,30,31)/t18-/m0/s1. The third-order valence-corrected chi connectivity index (χ3v) is 7.50. The molecule has 1 fully saturated rings. The van der Waals surface area contributed by atoms with Gasteiger partial charge in [-0.05, 0) is 56.0 Å². The van der Waals surface area contributed by atoms with E-state index in [-0.39, 0.29) is 12.2 Å². The molecule has 1 saturated carbocycles. The lowest BCUT2D eigenvalue weighted by atomic mass is 9.79. The van der Waals surface area contributed by atoms with Crippen LogP contribution in [-0.2, 0) is 24.5 Å². The predicted molar refractivity (Wildman–Crippen MR) is 136 cm³/mol. The number of amides is 1. The van der Waals surface area contributed by atoms with E-state index < -0.39 is 35.2 Å². The summed E-state index contributed by atoms with van der Waals surface area (Å²) >= 11 is 1.24. The predicted octanol–water partition coefficient (Wildman–Crippen LogP) is 6.11. The van der Waals surface area contributed by atoms with Gasteiger partial charge < -0.3 is 14.8 Å². The maximum absolute atomic E-state index is 13.9. The van der Waals surface area contributed by atoms with Gasteiger partial charge in [0.15, 0.2) is 6.10 Å². The van der Waals surface area contributed by atoms with Crippen molar-refractivity contribution >= 4 is 34.2 Å². The van der Waals surface area contributed by atoms with Gasteiger partial charge in [0.05, 0.1) is 17.6 Å². The van der Waals surface area contributed by atoms with E-state index in [2.05, 4.69) is 5.32 Å². The van der Waals surface area contributed by atoms with Crippen LogP contribution < -0.4 is 5.32 Å². The molecule has 188 valence electrons. The molecule has 0 bridgehead atoms. The van der Waals surface area contributed by atoms with E-state index in [0.717, 1.165) is 23.3 Å². The molecule has 1 aliphatic carbocycles. The molecule has 1 amide bonds. The molecular weight excluding hydrogens is 481 g/mol. The highest BCUT2D eigenvalue weighted by molar-refractivity contribution is 7.20. The number of thiophene rings is 1. The van der Waals surface area contributed by atoms with E-state index in [1.54, 1.807) is 25.1 Å². The van der Waals surface area contributed by atoms with Gasteiger partial charge in [0, 0.05) is 4.88 Å². The summed E-state index contributed by atoms with van der Waals surface area (Å²) in [5.41, 5.74) is 0.717. The van der Waals surface area contributed by atoms with E-state index >= 15 is 0 Å². The smallest absolute Gasteiger partial charge is 0.341 e. The van der Waals surface area contributed by atoms with Gasteiger partial charge in [-0.15, -0.1) is 11.3 Å². The zero-order valence-electron chi connectivity index (χ0n) is 20.2. The molecule has 8 heteroatoms. The minimum Gasteiger partial charge on any atom is -0.462 e. The molecule has 2 aromatic carbocycles. The molecule has 0 aliphatic heterocycles. The van der Waals surface area contributed by atoms with Crippen molar-refractivity contribution in [2.24, 2.45) is 0 Å². The summed E-state index contributed by atoms with van der Waals surface area (Å²) in [5.74, 6) is -2.08. The first-order valence-corrected chi connectivity index (χ1v) is 12.8. The molecule has 6 nitrogen and oxygen atoms in total.